The van der Waals surface area contributed by atoms with Gasteiger partial charge in [0.05, 0.1) is 5.69 Å². The molecule has 4 nitrogen and oxygen atoms in total. The van der Waals surface area contributed by atoms with E-state index in [1.165, 1.54) is 0 Å². The minimum Gasteiger partial charge on any atom is -0.342 e. The number of carbonyl (C=O) groups excluding carboxylic acids is 2. The van der Waals surface area contributed by atoms with Crippen LogP contribution < -0.4 is 5.32 Å². The third-order valence-corrected chi connectivity index (χ3v) is 2.86. The van der Waals surface area contributed by atoms with Crippen LogP contribution >= 0.6 is 0 Å². The zero-order valence-electron chi connectivity index (χ0n) is 12.3. The van der Waals surface area contributed by atoms with Gasteiger partial charge in [-0.2, -0.15) is 0 Å². The highest BCUT2D eigenvalue weighted by atomic mass is 19.1. The summed E-state index contributed by atoms with van der Waals surface area (Å²) in [4.78, 5) is 25.3. The summed E-state index contributed by atoms with van der Waals surface area (Å²) in [6.07, 6.45) is 1.26. The standard InChI is InChI=1S/C15H20F2N2O2/c1-3-7-19(8-4-2)15(21)10-14(20)18-13-6-5-11(16)9-12(13)17/h5-6,9H,3-4,7-8,10H2,1-2H3,(H,18,20). The lowest BCUT2D eigenvalue weighted by Crippen LogP contribution is -2.35. The van der Waals surface area contributed by atoms with Crippen molar-refractivity contribution in [3.8, 4) is 0 Å². The number of nitrogens with zero attached hydrogens (tertiary/aromatic N) is 1. The summed E-state index contributed by atoms with van der Waals surface area (Å²) in [5, 5.41) is 2.28. The van der Waals surface area contributed by atoms with Gasteiger partial charge in [0.25, 0.3) is 0 Å². The van der Waals surface area contributed by atoms with Gasteiger partial charge in [-0.25, -0.2) is 8.78 Å². The van der Waals surface area contributed by atoms with Crippen LogP contribution in [-0.4, -0.2) is 29.8 Å². The van der Waals surface area contributed by atoms with Crippen LogP contribution in [0.15, 0.2) is 18.2 Å². The highest BCUT2D eigenvalue weighted by Gasteiger charge is 2.17. The van der Waals surface area contributed by atoms with Gasteiger partial charge in [0.1, 0.15) is 18.1 Å². The molecule has 116 valence electrons. The van der Waals surface area contributed by atoms with Crippen molar-refractivity contribution in [2.45, 2.75) is 33.1 Å². The molecule has 0 unspecified atom stereocenters. The molecule has 0 fully saturated rings. The van der Waals surface area contributed by atoms with Gasteiger partial charge in [-0.3, -0.25) is 9.59 Å². The number of rotatable bonds is 7. The Morgan fingerprint density at radius 1 is 1.14 bits per heavy atom. The molecule has 0 heterocycles. The molecule has 6 heteroatoms. The van der Waals surface area contributed by atoms with Crippen molar-refractivity contribution in [2.75, 3.05) is 18.4 Å². The first-order valence-electron chi connectivity index (χ1n) is 7.00. The molecule has 0 aliphatic rings. The Labute approximate surface area is 123 Å². The molecule has 1 N–H and O–H groups in total. The van der Waals surface area contributed by atoms with E-state index >= 15 is 0 Å². The van der Waals surface area contributed by atoms with E-state index in [0.717, 1.165) is 25.0 Å². The van der Waals surface area contributed by atoms with Crippen LogP contribution in [0.5, 0.6) is 0 Å². The molecule has 0 bridgehead atoms. The second-order valence-electron chi connectivity index (χ2n) is 4.73. The largest absolute Gasteiger partial charge is 0.342 e. The average Bonchev–Trinajstić information content (AvgIpc) is 2.41. The molecule has 0 spiro atoms. The molecule has 1 aromatic carbocycles. The molecule has 21 heavy (non-hydrogen) atoms. The summed E-state index contributed by atoms with van der Waals surface area (Å²) >= 11 is 0. The minimum atomic E-state index is -0.866. The van der Waals surface area contributed by atoms with E-state index in [9.17, 15) is 18.4 Å². The van der Waals surface area contributed by atoms with E-state index in [1.54, 1.807) is 4.90 Å². The number of halogens is 2. The van der Waals surface area contributed by atoms with Crippen LogP contribution in [0.4, 0.5) is 14.5 Å². The lowest BCUT2D eigenvalue weighted by molar-refractivity contribution is -0.134. The molecule has 0 atom stereocenters. The maximum absolute atomic E-state index is 13.4. The molecular weight excluding hydrogens is 278 g/mol. The fourth-order valence-corrected chi connectivity index (χ4v) is 1.94. The summed E-state index contributed by atoms with van der Waals surface area (Å²) in [6, 6.07) is 2.85. The number of hydrogen-bond acceptors (Lipinski definition) is 2. The van der Waals surface area contributed by atoms with E-state index in [1.807, 2.05) is 13.8 Å². The van der Waals surface area contributed by atoms with Gasteiger partial charge in [0.2, 0.25) is 11.8 Å². The Morgan fingerprint density at radius 2 is 1.76 bits per heavy atom. The van der Waals surface area contributed by atoms with Crippen molar-refractivity contribution in [1.82, 2.24) is 4.90 Å². The molecule has 0 aromatic heterocycles. The first-order valence-corrected chi connectivity index (χ1v) is 7.00. The number of hydrogen-bond donors (Lipinski definition) is 1. The van der Waals surface area contributed by atoms with Gasteiger partial charge in [-0.1, -0.05) is 13.8 Å². The predicted octanol–water partition coefficient (Wildman–Crippen LogP) is 2.94. The van der Waals surface area contributed by atoms with Crippen LogP contribution in [0.25, 0.3) is 0 Å². The molecule has 2 amide bonds. The van der Waals surface area contributed by atoms with Gasteiger partial charge in [0, 0.05) is 19.2 Å². The Balaban J connectivity index is 2.61. The zero-order valence-corrected chi connectivity index (χ0v) is 12.3. The van der Waals surface area contributed by atoms with Gasteiger partial charge in [-0.15, -0.1) is 0 Å². The smallest absolute Gasteiger partial charge is 0.233 e. The molecule has 0 saturated carbocycles. The van der Waals surface area contributed by atoms with Gasteiger partial charge >= 0.3 is 0 Å². The van der Waals surface area contributed by atoms with E-state index in [0.29, 0.717) is 19.2 Å². The van der Waals surface area contributed by atoms with E-state index in [2.05, 4.69) is 5.32 Å². The van der Waals surface area contributed by atoms with E-state index in [-0.39, 0.29) is 18.0 Å². The second-order valence-corrected chi connectivity index (χ2v) is 4.73. The minimum absolute atomic E-state index is 0.133. The fraction of sp³-hybridized carbons (Fsp3) is 0.467. The van der Waals surface area contributed by atoms with Gasteiger partial charge in [-0.05, 0) is 25.0 Å². The van der Waals surface area contributed by atoms with E-state index < -0.39 is 17.5 Å². The molecule has 1 aromatic rings. The normalized spacial score (nSPS) is 10.3. The molecule has 0 aliphatic carbocycles. The van der Waals surface area contributed by atoms with E-state index in [4.69, 9.17) is 0 Å². The average molecular weight is 298 g/mol. The van der Waals surface area contributed by atoms with Crippen molar-refractivity contribution in [3.05, 3.63) is 29.8 Å². The highest BCUT2D eigenvalue weighted by molar-refractivity contribution is 6.03. The number of carbonyl (C=O) groups is 2. The molecule has 0 saturated heterocycles. The zero-order chi connectivity index (χ0) is 15.8. The summed E-state index contributed by atoms with van der Waals surface area (Å²) in [5.74, 6) is -2.49. The summed E-state index contributed by atoms with van der Waals surface area (Å²) in [5.41, 5.74) is -0.133. The number of amides is 2. The van der Waals surface area contributed by atoms with Crippen LogP contribution in [-0.2, 0) is 9.59 Å². The predicted molar refractivity (Wildman–Crippen MR) is 76.8 cm³/mol. The Hall–Kier alpha value is -1.98. The lowest BCUT2D eigenvalue weighted by atomic mass is 10.2. The maximum atomic E-state index is 13.4. The molecule has 1 rings (SSSR count). The topological polar surface area (TPSA) is 49.4 Å². The quantitative estimate of drug-likeness (QED) is 0.787. The first-order chi connectivity index (χ1) is 9.97. The molecular formula is C15H20F2N2O2. The van der Waals surface area contributed by atoms with Crippen LogP contribution in [0.1, 0.15) is 33.1 Å². The van der Waals surface area contributed by atoms with Crippen LogP contribution in [0.2, 0.25) is 0 Å². The van der Waals surface area contributed by atoms with Crippen LogP contribution in [0.3, 0.4) is 0 Å². The van der Waals surface area contributed by atoms with Crippen molar-refractivity contribution >= 4 is 17.5 Å². The Morgan fingerprint density at radius 3 is 2.29 bits per heavy atom. The number of nitrogens with one attached hydrogen (secondary N) is 1. The molecule has 0 radical (unpaired) electrons. The fourth-order valence-electron chi connectivity index (χ4n) is 1.94. The monoisotopic (exact) mass is 298 g/mol. The SMILES string of the molecule is CCCN(CCC)C(=O)CC(=O)Nc1ccc(F)cc1F. The van der Waals surface area contributed by atoms with Crippen molar-refractivity contribution in [2.24, 2.45) is 0 Å². The first kappa shape index (κ1) is 17.1. The number of benzene rings is 1. The summed E-state index contributed by atoms with van der Waals surface area (Å²) in [7, 11) is 0. The third-order valence-electron chi connectivity index (χ3n) is 2.86. The summed E-state index contributed by atoms with van der Waals surface area (Å²) in [6.45, 7) is 5.07. The van der Waals surface area contributed by atoms with Crippen molar-refractivity contribution in [3.63, 3.8) is 0 Å². The maximum Gasteiger partial charge on any atom is 0.233 e. The third kappa shape index (κ3) is 5.49. The lowest BCUT2D eigenvalue weighted by Gasteiger charge is -2.21. The Bertz CT molecular complexity index is 500. The van der Waals surface area contributed by atoms with Gasteiger partial charge in [0.15, 0.2) is 0 Å². The summed E-state index contributed by atoms with van der Waals surface area (Å²) < 4.78 is 26.2. The highest BCUT2D eigenvalue weighted by Crippen LogP contribution is 2.15. The number of anilines is 1. The van der Waals surface area contributed by atoms with Crippen molar-refractivity contribution < 1.29 is 18.4 Å². The molecule has 0 aliphatic heterocycles. The van der Waals surface area contributed by atoms with Crippen LogP contribution in [0, 0.1) is 11.6 Å². The van der Waals surface area contributed by atoms with Gasteiger partial charge < -0.3 is 10.2 Å². The second kappa shape index (κ2) is 8.34. The van der Waals surface area contributed by atoms with Crippen molar-refractivity contribution in [1.29, 1.82) is 0 Å². The Kier molecular flexibility index (Phi) is 6.78.